The van der Waals surface area contributed by atoms with E-state index in [4.69, 9.17) is 0 Å². The van der Waals surface area contributed by atoms with E-state index in [1.807, 2.05) is 0 Å². The van der Waals surface area contributed by atoms with E-state index in [1.54, 1.807) is 0 Å². The standard InChI is InChI=1S/C19H32N2/c1-5-16(4)21-13-18(15(2)3)11-19(14-21)20-12-17-9-7-6-8-10-17/h6-10,15-16,18-20H,5,11-14H2,1-4H3. The number of hydrogen-bond acceptors (Lipinski definition) is 2. The third-order valence-electron chi connectivity index (χ3n) is 5.11. The summed E-state index contributed by atoms with van der Waals surface area (Å²) in [5, 5.41) is 3.79. The third-order valence-corrected chi connectivity index (χ3v) is 5.11. The van der Waals surface area contributed by atoms with Crippen LogP contribution < -0.4 is 5.32 Å². The Hall–Kier alpha value is -0.860. The van der Waals surface area contributed by atoms with Gasteiger partial charge in [0.15, 0.2) is 0 Å². The molecule has 1 heterocycles. The molecule has 1 aliphatic heterocycles. The topological polar surface area (TPSA) is 15.3 Å². The van der Waals surface area contributed by atoms with Crippen LogP contribution in [0.1, 0.15) is 46.1 Å². The van der Waals surface area contributed by atoms with Gasteiger partial charge in [0.05, 0.1) is 0 Å². The summed E-state index contributed by atoms with van der Waals surface area (Å²) in [4.78, 5) is 2.69. The second-order valence-corrected chi connectivity index (χ2v) is 7.01. The summed E-state index contributed by atoms with van der Waals surface area (Å²) in [6, 6.07) is 12.1. The summed E-state index contributed by atoms with van der Waals surface area (Å²) in [6.07, 6.45) is 2.56. The molecule has 1 aromatic rings. The molecule has 0 radical (unpaired) electrons. The average Bonchev–Trinajstić information content (AvgIpc) is 2.52. The summed E-state index contributed by atoms with van der Waals surface area (Å²) in [5.74, 6) is 1.60. The minimum atomic E-state index is 0.625. The van der Waals surface area contributed by atoms with E-state index in [9.17, 15) is 0 Å². The van der Waals surface area contributed by atoms with Crippen LogP contribution in [0, 0.1) is 11.8 Å². The van der Waals surface area contributed by atoms with Crippen molar-refractivity contribution in [3.8, 4) is 0 Å². The van der Waals surface area contributed by atoms with Gasteiger partial charge in [-0.25, -0.2) is 0 Å². The lowest BCUT2D eigenvalue weighted by atomic mass is 9.84. The van der Waals surface area contributed by atoms with Gasteiger partial charge in [0, 0.05) is 31.7 Å². The van der Waals surface area contributed by atoms with Crippen molar-refractivity contribution in [2.45, 2.75) is 59.2 Å². The number of hydrogen-bond donors (Lipinski definition) is 1. The van der Waals surface area contributed by atoms with E-state index >= 15 is 0 Å². The first-order valence-corrected chi connectivity index (χ1v) is 8.61. The first-order valence-electron chi connectivity index (χ1n) is 8.61. The van der Waals surface area contributed by atoms with Gasteiger partial charge in [-0.05, 0) is 37.2 Å². The fourth-order valence-electron chi connectivity index (χ4n) is 3.28. The molecular weight excluding hydrogens is 256 g/mol. The van der Waals surface area contributed by atoms with Gasteiger partial charge in [-0.15, -0.1) is 0 Å². The van der Waals surface area contributed by atoms with Gasteiger partial charge in [0.25, 0.3) is 0 Å². The molecule has 0 amide bonds. The molecular formula is C19H32N2. The minimum absolute atomic E-state index is 0.625. The summed E-state index contributed by atoms with van der Waals surface area (Å²) in [7, 11) is 0. The first kappa shape index (κ1) is 16.5. The molecule has 0 bridgehead atoms. The molecule has 1 fully saturated rings. The summed E-state index contributed by atoms with van der Waals surface area (Å²) >= 11 is 0. The predicted molar refractivity (Wildman–Crippen MR) is 91.3 cm³/mol. The molecule has 2 nitrogen and oxygen atoms in total. The molecule has 0 saturated carbocycles. The number of benzene rings is 1. The molecule has 1 saturated heterocycles. The zero-order valence-electron chi connectivity index (χ0n) is 14.2. The Morgan fingerprint density at radius 3 is 2.48 bits per heavy atom. The van der Waals surface area contributed by atoms with E-state index < -0.39 is 0 Å². The van der Waals surface area contributed by atoms with Gasteiger partial charge >= 0.3 is 0 Å². The quantitative estimate of drug-likeness (QED) is 0.853. The molecule has 0 spiro atoms. The Morgan fingerprint density at radius 1 is 1.14 bits per heavy atom. The molecule has 1 aliphatic rings. The zero-order valence-corrected chi connectivity index (χ0v) is 14.2. The number of rotatable bonds is 6. The van der Waals surface area contributed by atoms with Crippen molar-refractivity contribution >= 4 is 0 Å². The molecule has 3 atom stereocenters. The highest BCUT2D eigenvalue weighted by Gasteiger charge is 2.30. The SMILES string of the molecule is CCC(C)N1CC(NCc2ccccc2)CC(C(C)C)C1. The lowest BCUT2D eigenvalue weighted by Gasteiger charge is -2.42. The molecule has 2 rings (SSSR count). The monoisotopic (exact) mass is 288 g/mol. The van der Waals surface area contributed by atoms with Gasteiger partial charge < -0.3 is 5.32 Å². The van der Waals surface area contributed by atoms with E-state index in [0.29, 0.717) is 12.1 Å². The van der Waals surface area contributed by atoms with Crippen LogP contribution in [0.2, 0.25) is 0 Å². The van der Waals surface area contributed by atoms with Crippen LogP contribution in [0.4, 0.5) is 0 Å². The van der Waals surface area contributed by atoms with Crippen LogP contribution >= 0.6 is 0 Å². The smallest absolute Gasteiger partial charge is 0.0208 e. The van der Waals surface area contributed by atoms with E-state index in [-0.39, 0.29) is 0 Å². The van der Waals surface area contributed by atoms with Crippen LogP contribution in [-0.2, 0) is 6.54 Å². The number of nitrogens with zero attached hydrogens (tertiary/aromatic N) is 1. The molecule has 0 aromatic heterocycles. The maximum absolute atomic E-state index is 3.79. The van der Waals surface area contributed by atoms with Crippen molar-refractivity contribution in [1.82, 2.24) is 10.2 Å². The van der Waals surface area contributed by atoms with Crippen molar-refractivity contribution in [3.63, 3.8) is 0 Å². The molecule has 2 heteroatoms. The Bertz CT molecular complexity index is 401. The molecule has 0 aliphatic carbocycles. The van der Waals surface area contributed by atoms with Gasteiger partial charge in [-0.3, -0.25) is 4.90 Å². The molecule has 118 valence electrons. The first-order chi connectivity index (χ1) is 10.1. The van der Waals surface area contributed by atoms with Crippen molar-refractivity contribution in [1.29, 1.82) is 0 Å². The fourth-order valence-corrected chi connectivity index (χ4v) is 3.28. The van der Waals surface area contributed by atoms with Crippen molar-refractivity contribution in [2.24, 2.45) is 11.8 Å². The van der Waals surface area contributed by atoms with Crippen molar-refractivity contribution < 1.29 is 0 Å². The lowest BCUT2D eigenvalue weighted by molar-refractivity contribution is 0.0822. The summed E-state index contributed by atoms with van der Waals surface area (Å²) < 4.78 is 0. The highest BCUT2D eigenvalue weighted by atomic mass is 15.2. The molecule has 3 unspecified atom stereocenters. The third kappa shape index (κ3) is 4.82. The van der Waals surface area contributed by atoms with Crippen molar-refractivity contribution in [2.75, 3.05) is 13.1 Å². The van der Waals surface area contributed by atoms with Crippen LogP contribution in [0.25, 0.3) is 0 Å². The molecule has 1 aromatic carbocycles. The van der Waals surface area contributed by atoms with Crippen LogP contribution in [0.3, 0.4) is 0 Å². The van der Waals surface area contributed by atoms with Crippen molar-refractivity contribution in [3.05, 3.63) is 35.9 Å². The van der Waals surface area contributed by atoms with Gasteiger partial charge in [0.1, 0.15) is 0 Å². The maximum Gasteiger partial charge on any atom is 0.0208 e. The highest BCUT2D eigenvalue weighted by molar-refractivity contribution is 5.14. The summed E-state index contributed by atoms with van der Waals surface area (Å²) in [6.45, 7) is 12.9. The molecule has 21 heavy (non-hydrogen) atoms. The Labute approximate surface area is 130 Å². The highest BCUT2D eigenvalue weighted by Crippen LogP contribution is 2.26. The fraction of sp³-hybridized carbons (Fsp3) is 0.684. The Balaban J connectivity index is 1.94. The van der Waals surface area contributed by atoms with E-state index in [2.05, 4.69) is 68.2 Å². The zero-order chi connectivity index (χ0) is 15.2. The largest absolute Gasteiger partial charge is 0.309 e. The average molecular weight is 288 g/mol. The van der Waals surface area contributed by atoms with Gasteiger partial charge in [-0.2, -0.15) is 0 Å². The number of piperidine rings is 1. The number of nitrogens with one attached hydrogen (secondary N) is 1. The van der Waals surface area contributed by atoms with Crippen LogP contribution in [0.5, 0.6) is 0 Å². The minimum Gasteiger partial charge on any atom is -0.309 e. The Morgan fingerprint density at radius 2 is 1.86 bits per heavy atom. The molecule has 1 N–H and O–H groups in total. The predicted octanol–water partition coefficient (Wildman–Crippen LogP) is 3.92. The van der Waals surface area contributed by atoms with Crippen LogP contribution in [-0.4, -0.2) is 30.1 Å². The van der Waals surface area contributed by atoms with E-state index in [1.165, 1.54) is 31.5 Å². The second kappa shape index (κ2) is 7.95. The number of likely N-dealkylation sites (tertiary alicyclic amines) is 1. The Kier molecular flexibility index (Phi) is 6.25. The summed E-state index contributed by atoms with van der Waals surface area (Å²) in [5.41, 5.74) is 1.39. The van der Waals surface area contributed by atoms with Gasteiger partial charge in [-0.1, -0.05) is 51.1 Å². The lowest BCUT2D eigenvalue weighted by Crippen LogP contribution is -2.52. The second-order valence-electron chi connectivity index (χ2n) is 7.01. The maximum atomic E-state index is 3.79. The normalized spacial score (nSPS) is 25.2. The van der Waals surface area contributed by atoms with E-state index in [0.717, 1.165) is 18.4 Å². The van der Waals surface area contributed by atoms with Gasteiger partial charge in [0.2, 0.25) is 0 Å². The van der Waals surface area contributed by atoms with Crippen LogP contribution in [0.15, 0.2) is 30.3 Å².